The van der Waals surface area contributed by atoms with Gasteiger partial charge in [0.05, 0.1) is 5.60 Å². The highest BCUT2D eigenvalue weighted by Gasteiger charge is 2.35. The van der Waals surface area contributed by atoms with Gasteiger partial charge in [0.2, 0.25) is 0 Å². The van der Waals surface area contributed by atoms with Gasteiger partial charge in [0.25, 0.3) is 6.71 Å². The van der Waals surface area contributed by atoms with E-state index in [0.717, 1.165) is 29.3 Å². The molecule has 2 aromatic rings. The molecule has 2 aromatic heterocycles. The normalized spacial score (nSPS) is 17.0. The third kappa shape index (κ3) is 3.64. The van der Waals surface area contributed by atoms with E-state index < -0.39 is 5.60 Å². The Kier molecular flexibility index (Phi) is 4.41. The molecule has 0 atom stereocenters. The van der Waals surface area contributed by atoms with Gasteiger partial charge in [-0.3, -0.25) is 0 Å². The summed E-state index contributed by atoms with van der Waals surface area (Å²) in [6, 6.07) is 5.76. The molecule has 0 bridgehead atoms. The summed E-state index contributed by atoms with van der Waals surface area (Å²) in [5, 5.41) is 25.5. The zero-order valence-electron chi connectivity index (χ0n) is 12.2. The number of anilines is 2. The van der Waals surface area contributed by atoms with Crippen molar-refractivity contribution in [1.29, 1.82) is 5.26 Å². The average Bonchev–Trinajstić information content (AvgIpc) is 3.01. The number of rotatable bonds is 4. The van der Waals surface area contributed by atoms with E-state index >= 15 is 0 Å². The largest absolute Gasteiger partial charge is 0.390 e. The number of nitrogens with one attached hydrogen (secondary N) is 1. The van der Waals surface area contributed by atoms with Gasteiger partial charge < -0.3 is 10.4 Å². The van der Waals surface area contributed by atoms with Gasteiger partial charge in [0.1, 0.15) is 5.82 Å². The molecular formula is C15H17BN4OS. The van der Waals surface area contributed by atoms with Crippen molar-refractivity contribution in [1.82, 2.24) is 9.97 Å². The summed E-state index contributed by atoms with van der Waals surface area (Å²) in [7, 11) is 0. The van der Waals surface area contributed by atoms with Crippen molar-refractivity contribution < 1.29 is 5.11 Å². The summed E-state index contributed by atoms with van der Waals surface area (Å²) in [4.78, 5) is 8.73. The summed E-state index contributed by atoms with van der Waals surface area (Å²) in [5.74, 6) is 3.03. The Hall–Kier alpha value is -1.91. The minimum Gasteiger partial charge on any atom is -0.390 e. The molecule has 3 rings (SSSR count). The molecule has 0 amide bonds. The van der Waals surface area contributed by atoms with Crippen LogP contribution >= 0.6 is 11.3 Å². The Bertz CT molecular complexity index is 662. The van der Waals surface area contributed by atoms with E-state index in [4.69, 9.17) is 5.26 Å². The fourth-order valence-corrected chi connectivity index (χ4v) is 3.38. The zero-order valence-corrected chi connectivity index (χ0v) is 13.0. The number of nitrogens with zero attached hydrogens (tertiary/aromatic N) is 3. The Labute approximate surface area is 134 Å². The highest BCUT2D eigenvalue weighted by Crippen LogP contribution is 2.32. The number of hydrogen-bond acceptors (Lipinski definition) is 6. The molecule has 1 aliphatic heterocycles. The van der Waals surface area contributed by atoms with Crippen molar-refractivity contribution in [3.05, 3.63) is 35.5 Å². The first-order valence-corrected chi connectivity index (χ1v) is 8.29. The molecule has 3 heterocycles. The van der Waals surface area contributed by atoms with Crippen LogP contribution in [0.5, 0.6) is 0 Å². The monoisotopic (exact) mass is 312 g/mol. The first kappa shape index (κ1) is 15.0. The van der Waals surface area contributed by atoms with Crippen molar-refractivity contribution >= 4 is 29.0 Å². The van der Waals surface area contributed by atoms with Crippen LogP contribution in [-0.2, 0) is 6.42 Å². The second-order valence-corrected chi connectivity index (χ2v) is 6.68. The van der Waals surface area contributed by atoms with Crippen LogP contribution in [0.15, 0.2) is 29.8 Å². The number of hydrogen-bond donors (Lipinski definition) is 2. The Morgan fingerprint density at radius 3 is 2.91 bits per heavy atom. The van der Waals surface area contributed by atoms with E-state index in [-0.39, 0.29) is 6.71 Å². The smallest absolute Gasteiger partial charge is 0.268 e. The van der Waals surface area contributed by atoms with Gasteiger partial charge in [-0.1, -0.05) is 18.7 Å². The van der Waals surface area contributed by atoms with Crippen LogP contribution in [0.25, 0.3) is 0 Å². The lowest BCUT2D eigenvalue weighted by Crippen LogP contribution is -2.38. The molecule has 0 aliphatic carbocycles. The number of aliphatic hydroxyl groups is 1. The van der Waals surface area contributed by atoms with E-state index in [9.17, 15) is 5.11 Å². The number of aromatic nitrogens is 2. The van der Waals surface area contributed by atoms with Crippen LogP contribution in [0.2, 0.25) is 12.6 Å². The summed E-state index contributed by atoms with van der Waals surface area (Å²) in [6.07, 6.45) is 5.13. The van der Waals surface area contributed by atoms with Gasteiger partial charge in [-0.25, -0.2) is 15.2 Å². The van der Waals surface area contributed by atoms with Crippen LogP contribution in [0.4, 0.5) is 10.9 Å². The molecule has 112 valence electrons. The second kappa shape index (κ2) is 6.47. The molecule has 0 saturated carbocycles. The molecule has 1 saturated heterocycles. The number of pyridine rings is 1. The Balaban J connectivity index is 1.66. The van der Waals surface area contributed by atoms with E-state index in [1.54, 1.807) is 6.20 Å². The standard InChI is InChI=1S/C15H17BN4OS/c17-11-16-6-4-15(21,5-7-16)10-12-2-1-3-13(19-12)20-14-18-8-9-22-14/h1-3,8-9,21H,4-7,10H2,(H,18,19,20). The fraction of sp³-hybridized carbons (Fsp3) is 0.400. The van der Waals surface area contributed by atoms with Crippen LogP contribution in [-0.4, -0.2) is 27.4 Å². The molecule has 1 aliphatic rings. The summed E-state index contributed by atoms with van der Waals surface area (Å²) in [6.45, 7) is 0.0890. The topological polar surface area (TPSA) is 81.8 Å². The molecule has 0 unspecified atom stereocenters. The predicted octanol–water partition coefficient (Wildman–Crippen LogP) is 2.91. The molecule has 0 radical (unpaired) electrons. The van der Waals surface area contributed by atoms with Gasteiger partial charge in [-0.2, -0.15) is 0 Å². The highest BCUT2D eigenvalue weighted by atomic mass is 32.1. The minimum absolute atomic E-state index is 0.0890. The van der Waals surface area contributed by atoms with Crippen molar-refractivity contribution in [3.63, 3.8) is 0 Å². The lowest BCUT2D eigenvalue weighted by molar-refractivity contribution is 0.0275. The third-order valence-electron chi connectivity index (χ3n) is 4.08. The van der Waals surface area contributed by atoms with Gasteiger partial charge >= 0.3 is 0 Å². The fourth-order valence-electron chi connectivity index (χ4n) is 2.84. The van der Waals surface area contributed by atoms with Gasteiger partial charge in [0.15, 0.2) is 5.13 Å². The maximum Gasteiger partial charge on any atom is 0.268 e. The lowest BCUT2D eigenvalue weighted by atomic mass is 9.41. The van der Waals surface area contributed by atoms with Crippen LogP contribution in [0.3, 0.4) is 0 Å². The van der Waals surface area contributed by atoms with Gasteiger partial charge in [-0.05, 0) is 25.0 Å². The first-order chi connectivity index (χ1) is 10.7. The summed E-state index contributed by atoms with van der Waals surface area (Å²) < 4.78 is 0. The maximum atomic E-state index is 10.7. The molecule has 2 N–H and O–H groups in total. The van der Waals surface area contributed by atoms with Crippen molar-refractivity contribution in [2.45, 2.75) is 37.5 Å². The van der Waals surface area contributed by atoms with E-state index in [0.29, 0.717) is 19.3 Å². The van der Waals surface area contributed by atoms with Crippen LogP contribution in [0, 0.1) is 11.2 Å². The van der Waals surface area contributed by atoms with Crippen LogP contribution < -0.4 is 5.32 Å². The molecule has 7 heteroatoms. The van der Waals surface area contributed by atoms with Gasteiger partial charge in [-0.15, -0.1) is 11.3 Å². The summed E-state index contributed by atoms with van der Waals surface area (Å²) >= 11 is 1.52. The van der Waals surface area contributed by atoms with Crippen molar-refractivity contribution in [2.24, 2.45) is 0 Å². The number of thiazole rings is 1. The zero-order chi connectivity index (χ0) is 15.4. The predicted molar refractivity (Wildman–Crippen MR) is 88.5 cm³/mol. The number of nitriles is 1. The van der Waals surface area contributed by atoms with E-state index in [1.165, 1.54) is 11.3 Å². The highest BCUT2D eigenvalue weighted by molar-refractivity contribution is 7.13. The molecule has 0 aromatic carbocycles. The Morgan fingerprint density at radius 1 is 1.41 bits per heavy atom. The molecular weight excluding hydrogens is 295 g/mol. The van der Waals surface area contributed by atoms with E-state index in [1.807, 2.05) is 23.6 Å². The minimum atomic E-state index is -0.736. The summed E-state index contributed by atoms with van der Waals surface area (Å²) in [5.41, 5.74) is 0.125. The van der Waals surface area contributed by atoms with Crippen LogP contribution in [0.1, 0.15) is 18.5 Å². The van der Waals surface area contributed by atoms with E-state index in [2.05, 4.69) is 21.3 Å². The van der Waals surface area contributed by atoms with Crippen molar-refractivity contribution in [2.75, 3.05) is 5.32 Å². The molecule has 0 spiro atoms. The van der Waals surface area contributed by atoms with Gasteiger partial charge in [0, 0.05) is 29.7 Å². The maximum absolute atomic E-state index is 10.7. The second-order valence-electron chi connectivity index (χ2n) is 5.78. The van der Waals surface area contributed by atoms with Crippen molar-refractivity contribution in [3.8, 4) is 5.97 Å². The first-order valence-electron chi connectivity index (χ1n) is 7.41. The third-order valence-corrected chi connectivity index (χ3v) is 4.77. The molecule has 22 heavy (non-hydrogen) atoms. The lowest BCUT2D eigenvalue weighted by Gasteiger charge is -2.32. The average molecular weight is 312 g/mol. The quantitative estimate of drug-likeness (QED) is 0.848. The molecule has 1 fully saturated rings. The molecule has 5 nitrogen and oxygen atoms in total. The SMILES string of the molecule is N#CB1CCC(O)(Cc2cccc(Nc3nccs3)n2)CC1. The Morgan fingerprint density at radius 2 is 2.23 bits per heavy atom.